The lowest BCUT2D eigenvalue weighted by molar-refractivity contribution is 0.0995. The van der Waals surface area contributed by atoms with Gasteiger partial charge < -0.3 is 15.0 Å². The number of ketones is 1. The Labute approximate surface area is 165 Å². The Morgan fingerprint density at radius 2 is 2.18 bits per heavy atom. The van der Waals surface area contributed by atoms with Gasteiger partial charge in [-0.2, -0.15) is 0 Å². The summed E-state index contributed by atoms with van der Waals surface area (Å²) in [5, 5.41) is 6.17. The normalized spacial score (nSPS) is 19.5. The Bertz CT molecular complexity index is 1070. The van der Waals surface area contributed by atoms with E-state index in [0.29, 0.717) is 22.7 Å². The standard InChI is InChI=1S/C19H21N5O3S/c1-11(25)13-8-24(19-21-6-7-28-19)18-12(17(13)26)4-5-16(22-18)23-9-14(20-2)15(10-23)27-3/h4-8,14-15,20H,9-10H2,1-3H3/t14-,15-/m1/s1. The summed E-state index contributed by atoms with van der Waals surface area (Å²) in [7, 11) is 3.62. The molecule has 1 fully saturated rings. The molecule has 1 aliphatic rings. The van der Waals surface area contributed by atoms with Gasteiger partial charge in [0.15, 0.2) is 16.6 Å². The van der Waals surface area contributed by atoms with Crippen LogP contribution in [0.15, 0.2) is 34.7 Å². The maximum Gasteiger partial charge on any atom is 0.201 e. The summed E-state index contributed by atoms with van der Waals surface area (Å²) in [5.41, 5.74) is 0.316. The van der Waals surface area contributed by atoms with Crippen molar-refractivity contribution in [3.8, 4) is 5.13 Å². The number of aromatic nitrogens is 3. The Morgan fingerprint density at radius 3 is 2.79 bits per heavy atom. The number of Topliss-reactive ketones (excluding diaryl/α,β-unsaturated/α-hetero) is 1. The fourth-order valence-corrected chi connectivity index (χ4v) is 4.20. The smallest absolute Gasteiger partial charge is 0.201 e. The molecule has 0 aromatic carbocycles. The first-order valence-electron chi connectivity index (χ1n) is 8.95. The second-order valence-corrected chi connectivity index (χ2v) is 7.60. The van der Waals surface area contributed by atoms with E-state index in [0.717, 1.165) is 12.4 Å². The van der Waals surface area contributed by atoms with Gasteiger partial charge in [0.05, 0.1) is 23.1 Å². The molecule has 3 aromatic rings. The zero-order valence-corrected chi connectivity index (χ0v) is 16.7. The zero-order valence-electron chi connectivity index (χ0n) is 15.9. The van der Waals surface area contributed by atoms with E-state index in [1.54, 1.807) is 30.1 Å². The third-order valence-corrected chi connectivity index (χ3v) is 5.88. The summed E-state index contributed by atoms with van der Waals surface area (Å²) in [6, 6.07) is 3.76. The predicted octanol–water partition coefficient (Wildman–Crippen LogP) is 1.47. The van der Waals surface area contributed by atoms with Crippen LogP contribution < -0.4 is 15.6 Å². The number of thiazole rings is 1. The second-order valence-electron chi connectivity index (χ2n) is 6.73. The summed E-state index contributed by atoms with van der Waals surface area (Å²) in [6.45, 7) is 2.84. The molecular formula is C19H21N5O3S. The van der Waals surface area contributed by atoms with Crippen LogP contribution >= 0.6 is 11.3 Å². The van der Waals surface area contributed by atoms with Gasteiger partial charge in [-0.25, -0.2) is 9.97 Å². The van der Waals surface area contributed by atoms with E-state index in [1.165, 1.54) is 18.3 Å². The monoisotopic (exact) mass is 399 g/mol. The van der Waals surface area contributed by atoms with Crippen molar-refractivity contribution in [1.82, 2.24) is 19.9 Å². The lowest BCUT2D eigenvalue weighted by Crippen LogP contribution is -2.37. The topological polar surface area (TPSA) is 89.4 Å². The van der Waals surface area contributed by atoms with Crippen LogP contribution in [0.5, 0.6) is 0 Å². The van der Waals surface area contributed by atoms with Crippen molar-refractivity contribution in [2.24, 2.45) is 0 Å². The first-order chi connectivity index (χ1) is 13.5. The maximum atomic E-state index is 12.8. The number of hydrogen-bond donors (Lipinski definition) is 1. The van der Waals surface area contributed by atoms with E-state index < -0.39 is 0 Å². The molecule has 1 aliphatic heterocycles. The van der Waals surface area contributed by atoms with Gasteiger partial charge in [-0.15, -0.1) is 11.3 Å². The number of hydrogen-bond acceptors (Lipinski definition) is 8. The maximum absolute atomic E-state index is 12.8. The molecule has 2 atom stereocenters. The first kappa shape index (κ1) is 18.7. The summed E-state index contributed by atoms with van der Waals surface area (Å²) in [4.78, 5) is 36.0. The molecule has 0 bridgehead atoms. The molecule has 146 valence electrons. The van der Waals surface area contributed by atoms with Gasteiger partial charge >= 0.3 is 0 Å². The van der Waals surface area contributed by atoms with Gasteiger partial charge in [0, 0.05) is 38.0 Å². The first-order valence-corrected chi connectivity index (χ1v) is 9.83. The van der Waals surface area contributed by atoms with Crippen LogP contribution in [0.3, 0.4) is 0 Å². The number of carbonyl (C=O) groups is 1. The number of pyridine rings is 2. The Hall–Kier alpha value is -2.62. The molecule has 0 saturated carbocycles. The SMILES string of the molecule is CN[C@@H]1CN(c2ccc3c(=O)c(C(C)=O)cn(-c4nccs4)c3n2)C[C@H]1OC. The zero-order chi connectivity index (χ0) is 19.8. The highest BCUT2D eigenvalue weighted by Gasteiger charge is 2.32. The molecule has 1 N–H and O–H groups in total. The number of methoxy groups -OCH3 is 1. The van der Waals surface area contributed by atoms with Gasteiger partial charge in [-0.05, 0) is 26.1 Å². The number of rotatable bonds is 5. The van der Waals surface area contributed by atoms with Crippen LogP contribution in [0, 0.1) is 0 Å². The molecule has 0 amide bonds. The molecule has 0 unspecified atom stereocenters. The van der Waals surface area contributed by atoms with Crippen molar-refractivity contribution in [2.45, 2.75) is 19.1 Å². The molecule has 1 saturated heterocycles. The molecule has 4 heterocycles. The number of nitrogens with zero attached hydrogens (tertiary/aromatic N) is 4. The quantitative estimate of drug-likeness (QED) is 0.650. The molecule has 0 spiro atoms. The summed E-state index contributed by atoms with van der Waals surface area (Å²) >= 11 is 1.42. The van der Waals surface area contributed by atoms with Gasteiger partial charge in [-0.3, -0.25) is 14.2 Å². The Balaban J connectivity index is 1.87. The third-order valence-electron chi connectivity index (χ3n) is 5.10. The number of fused-ring (bicyclic) bond motifs is 1. The van der Waals surface area contributed by atoms with Crippen LogP contribution in [0.1, 0.15) is 17.3 Å². The number of nitrogens with one attached hydrogen (secondary N) is 1. The summed E-state index contributed by atoms with van der Waals surface area (Å²) in [5.74, 6) is 0.480. The Kier molecular flexibility index (Phi) is 4.96. The van der Waals surface area contributed by atoms with Crippen LogP contribution in [0.4, 0.5) is 5.82 Å². The van der Waals surface area contributed by atoms with E-state index in [1.807, 2.05) is 18.5 Å². The highest BCUT2D eigenvalue weighted by molar-refractivity contribution is 7.12. The molecule has 28 heavy (non-hydrogen) atoms. The van der Waals surface area contributed by atoms with E-state index in [-0.39, 0.29) is 28.9 Å². The van der Waals surface area contributed by atoms with Crippen molar-refractivity contribution >= 4 is 34.0 Å². The second kappa shape index (κ2) is 7.42. The minimum absolute atomic E-state index is 0.0590. The van der Waals surface area contributed by atoms with Crippen molar-refractivity contribution in [3.05, 3.63) is 45.7 Å². The van der Waals surface area contributed by atoms with Crippen molar-refractivity contribution in [3.63, 3.8) is 0 Å². The lowest BCUT2D eigenvalue weighted by atomic mass is 10.1. The van der Waals surface area contributed by atoms with Gasteiger partial charge in [-0.1, -0.05) is 0 Å². The molecule has 3 aromatic heterocycles. The molecule has 8 nitrogen and oxygen atoms in total. The fourth-order valence-electron chi connectivity index (χ4n) is 3.58. The van der Waals surface area contributed by atoms with Crippen molar-refractivity contribution in [2.75, 3.05) is 32.1 Å². The van der Waals surface area contributed by atoms with Gasteiger partial charge in [0.1, 0.15) is 5.82 Å². The van der Waals surface area contributed by atoms with Crippen molar-refractivity contribution in [1.29, 1.82) is 0 Å². The van der Waals surface area contributed by atoms with Crippen molar-refractivity contribution < 1.29 is 9.53 Å². The average molecular weight is 399 g/mol. The number of likely N-dealkylation sites (N-methyl/N-ethyl adjacent to an activating group) is 1. The highest BCUT2D eigenvalue weighted by atomic mass is 32.1. The number of anilines is 1. The fraction of sp³-hybridized carbons (Fsp3) is 0.368. The van der Waals surface area contributed by atoms with Crippen LogP contribution in [-0.4, -0.2) is 59.7 Å². The summed E-state index contributed by atoms with van der Waals surface area (Å²) < 4.78 is 7.29. The average Bonchev–Trinajstić information content (AvgIpc) is 3.37. The van der Waals surface area contributed by atoms with E-state index >= 15 is 0 Å². The number of carbonyl (C=O) groups excluding carboxylic acids is 1. The molecular weight excluding hydrogens is 378 g/mol. The molecule has 4 rings (SSSR count). The molecule has 0 aliphatic carbocycles. The Morgan fingerprint density at radius 1 is 1.36 bits per heavy atom. The predicted molar refractivity (Wildman–Crippen MR) is 109 cm³/mol. The highest BCUT2D eigenvalue weighted by Crippen LogP contribution is 2.24. The largest absolute Gasteiger partial charge is 0.378 e. The summed E-state index contributed by atoms with van der Waals surface area (Å²) in [6.07, 6.45) is 3.28. The molecule has 0 radical (unpaired) electrons. The molecule has 9 heteroatoms. The van der Waals surface area contributed by atoms with Crippen LogP contribution in [0.25, 0.3) is 16.2 Å². The minimum atomic E-state index is -0.307. The lowest BCUT2D eigenvalue weighted by Gasteiger charge is -2.18. The third kappa shape index (κ3) is 3.11. The number of ether oxygens (including phenoxy) is 1. The minimum Gasteiger partial charge on any atom is -0.378 e. The van der Waals surface area contributed by atoms with E-state index in [9.17, 15) is 9.59 Å². The van der Waals surface area contributed by atoms with E-state index in [2.05, 4.69) is 15.2 Å². The van der Waals surface area contributed by atoms with Gasteiger partial charge in [0.2, 0.25) is 5.43 Å². The van der Waals surface area contributed by atoms with E-state index in [4.69, 9.17) is 9.72 Å². The van der Waals surface area contributed by atoms with Crippen LogP contribution in [-0.2, 0) is 4.74 Å². The van der Waals surface area contributed by atoms with Crippen LogP contribution in [0.2, 0.25) is 0 Å². The van der Waals surface area contributed by atoms with Gasteiger partial charge in [0.25, 0.3) is 0 Å².